The Balaban J connectivity index is 1.66. The van der Waals surface area contributed by atoms with Crippen LogP contribution in [0.25, 0.3) is 0 Å². The lowest BCUT2D eigenvalue weighted by Gasteiger charge is -2.29. The molecule has 1 amide bonds. The van der Waals surface area contributed by atoms with Crippen LogP contribution in [0.3, 0.4) is 0 Å². The first kappa shape index (κ1) is 17.6. The van der Waals surface area contributed by atoms with Gasteiger partial charge in [0, 0.05) is 13.1 Å². The number of halogens is 1. The Hall–Kier alpha value is -2.25. The highest BCUT2D eigenvalue weighted by atomic mass is 32.2. The van der Waals surface area contributed by atoms with Crippen LogP contribution in [0.2, 0.25) is 0 Å². The van der Waals surface area contributed by atoms with Gasteiger partial charge >= 0.3 is 0 Å². The number of rotatable bonds is 4. The van der Waals surface area contributed by atoms with E-state index < -0.39 is 15.8 Å². The lowest BCUT2D eigenvalue weighted by atomic mass is 10.00. The monoisotopic (exact) mass is 362 g/mol. The molecule has 0 unspecified atom stereocenters. The molecule has 0 aromatic heterocycles. The van der Waals surface area contributed by atoms with Gasteiger partial charge in [-0.2, -0.15) is 0 Å². The second-order valence-electron chi connectivity index (χ2n) is 6.07. The van der Waals surface area contributed by atoms with Crippen LogP contribution >= 0.6 is 0 Å². The van der Waals surface area contributed by atoms with Crippen LogP contribution in [0.1, 0.15) is 16.7 Å². The highest BCUT2D eigenvalue weighted by Gasteiger charge is 2.23. The van der Waals surface area contributed by atoms with Crippen LogP contribution in [0.15, 0.2) is 47.4 Å². The Morgan fingerprint density at radius 3 is 2.64 bits per heavy atom. The molecule has 0 atom stereocenters. The first-order chi connectivity index (χ1) is 11.9. The Labute approximate surface area is 146 Å². The number of hydrogen-bond acceptors (Lipinski definition) is 3. The summed E-state index contributed by atoms with van der Waals surface area (Å²) >= 11 is 0. The van der Waals surface area contributed by atoms with Gasteiger partial charge in [0.1, 0.15) is 5.82 Å². The van der Waals surface area contributed by atoms with Gasteiger partial charge in [0.05, 0.1) is 11.4 Å². The van der Waals surface area contributed by atoms with E-state index in [4.69, 9.17) is 0 Å². The highest BCUT2D eigenvalue weighted by molar-refractivity contribution is 7.89. The maximum atomic E-state index is 13.1. The number of carbonyl (C=O) groups excluding carboxylic acids is 1. The predicted octanol–water partition coefficient (Wildman–Crippen LogP) is 2.00. The molecule has 1 aliphatic heterocycles. The average molecular weight is 362 g/mol. The average Bonchev–Trinajstić information content (AvgIpc) is 2.59. The van der Waals surface area contributed by atoms with Gasteiger partial charge in [0.2, 0.25) is 15.9 Å². The fraction of sp³-hybridized carbons (Fsp3) is 0.278. The second kappa shape index (κ2) is 6.93. The number of amides is 1. The summed E-state index contributed by atoms with van der Waals surface area (Å²) in [5, 5.41) is 0. The van der Waals surface area contributed by atoms with Crippen molar-refractivity contribution >= 4 is 15.9 Å². The molecule has 25 heavy (non-hydrogen) atoms. The largest absolute Gasteiger partial charge is 0.337 e. The third-order valence-corrected chi connectivity index (χ3v) is 5.88. The van der Waals surface area contributed by atoms with Crippen LogP contribution in [0.4, 0.5) is 4.39 Å². The Morgan fingerprint density at radius 2 is 1.92 bits per heavy atom. The molecule has 0 radical (unpaired) electrons. The summed E-state index contributed by atoms with van der Waals surface area (Å²) in [6.07, 6.45) is 0.756. The van der Waals surface area contributed by atoms with Gasteiger partial charge in [0.15, 0.2) is 0 Å². The fourth-order valence-electron chi connectivity index (χ4n) is 2.97. The third-order valence-electron chi connectivity index (χ3n) is 4.32. The fourth-order valence-corrected chi connectivity index (χ4v) is 4.17. The normalized spacial score (nSPS) is 14.2. The van der Waals surface area contributed by atoms with Crippen molar-refractivity contribution in [3.8, 4) is 0 Å². The van der Waals surface area contributed by atoms with Crippen molar-refractivity contribution in [3.05, 3.63) is 65.0 Å². The number of hydrogen-bond donors (Lipinski definition) is 1. The van der Waals surface area contributed by atoms with Gasteiger partial charge < -0.3 is 4.90 Å². The molecule has 2 aromatic carbocycles. The molecule has 1 N–H and O–H groups in total. The molecular weight excluding hydrogens is 343 g/mol. The van der Waals surface area contributed by atoms with Crippen LogP contribution in [0, 0.1) is 12.7 Å². The number of benzene rings is 2. The van der Waals surface area contributed by atoms with Crippen molar-refractivity contribution in [1.29, 1.82) is 0 Å². The van der Waals surface area contributed by atoms with E-state index in [1.54, 1.807) is 4.90 Å². The molecule has 5 nitrogen and oxygen atoms in total. The van der Waals surface area contributed by atoms with Crippen molar-refractivity contribution in [2.75, 3.05) is 13.1 Å². The van der Waals surface area contributed by atoms with Crippen LogP contribution < -0.4 is 4.72 Å². The van der Waals surface area contributed by atoms with Gasteiger partial charge in [-0.25, -0.2) is 17.5 Å². The molecule has 132 valence electrons. The van der Waals surface area contributed by atoms with Crippen LogP contribution in [-0.4, -0.2) is 32.3 Å². The molecule has 0 aliphatic carbocycles. The number of nitrogens with zero attached hydrogens (tertiary/aromatic N) is 1. The molecule has 1 aliphatic rings. The number of sulfonamides is 1. The highest BCUT2D eigenvalue weighted by Crippen LogP contribution is 2.19. The molecule has 0 fully saturated rings. The summed E-state index contributed by atoms with van der Waals surface area (Å²) in [6.45, 7) is 2.24. The number of carbonyl (C=O) groups is 1. The molecule has 0 spiro atoms. The quantitative estimate of drug-likeness (QED) is 0.905. The predicted molar refractivity (Wildman–Crippen MR) is 91.9 cm³/mol. The molecule has 0 saturated heterocycles. The standard InChI is InChI=1S/C18H19FN2O3S/c1-13-10-16(19)6-7-17(13)25(23,24)20-11-18(22)21-9-8-14-4-2-3-5-15(14)12-21/h2-7,10,20H,8-9,11-12H2,1H3. The summed E-state index contributed by atoms with van der Waals surface area (Å²) in [5.74, 6) is -0.780. The minimum Gasteiger partial charge on any atom is -0.337 e. The summed E-state index contributed by atoms with van der Waals surface area (Å²) in [5.41, 5.74) is 2.60. The summed E-state index contributed by atoms with van der Waals surface area (Å²) < 4.78 is 40.1. The first-order valence-corrected chi connectivity index (χ1v) is 9.45. The molecule has 7 heteroatoms. The van der Waals surface area contributed by atoms with E-state index in [1.807, 2.05) is 24.3 Å². The third kappa shape index (κ3) is 3.88. The van der Waals surface area contributed by atoms with E-state index in [-0.39, 0.29) is 17.3 Å². The summed E-state index contributed by atoms with van der Waals surface area (Å²) in [4.78, 5) is 14.0. The van der Waals surface area contributed by atoms with E-state index in [0.29, 0.717) is 18.7 Å². The number of fused-ring (bicyclic) bond motifs is 1. The van der Waals surface area contributed by atoms with E-state index in [1.165, 1.54) is 18.6 Å². The Morgan fingerprint density at radius 1 is 1.20 bits per heavy atom. The molecular formula is C18H19FN2O3S. The van der Waals surface area contributed by atoms with E-state index in [9.17, 15) is 17.6 Å². The van der Waals surface area contributed by atoms with Crippen molar-refractivity contribution in [3.63, 3.8) is 0 Å². The molecule has 3 rings (SSSR count). The topological polar surface area (TPSA) is 66.5 Å². The van der Waals surface area contributed by atoms with E-state index in [2.05, 4.69) is 4.72 Å². The summed E-state index contributed by atoms with van der Waals surface area (Å²) in [6, 6.07) is 11.3. The maximum absolute atomic E-state index is 13.1. The van der Waals surface area contributed by atoms with Gasteiger partial charge in [-0.1, -0.05) is 24.3 Å². The molecule has 2 aromatic rings. The smallest absolute Gasteiger partial charge is 0.241 e. The molecule has 0 bridgehead atoms. The lowest BCUT2D eigenvalue weighted by molar-refractivity contribution is -0.130. The van der Waals surface area contributed by atoms with Gasteiger partial charge in [-0.05, 0) is 48.2 Å². The van der Waals surface area contributed by atoms with Gasteiger partial charge in [0.25, 0.3) is 0 Å². The van der Waals surface area contributed by atoms with Crippen molar-refractivity contribution < 1.29 is 17.6 Å². The van der Waals surface area contributed by atoms with Gasteiger partial charge in [-0.3, -0.25) is 4.79 Å². The van der Waals surface area contributed by atoms with Crippen molar-refractivity contribution in [1.82, 2.24) is 9.62 Å². The Kier molecular flexibility index (Phi) is 4.87. The maximum Gasteiger partial charge on any atom is 0.241 e. The van der Waals surface area contributed by atoms with E-state index in [0.717, 1.165) is 24.1 Å². The van der Waals surface area contributed by atoms with Crippen LogP contribution in [0.5, 0.6) is 0 Å². The first-order valence-electron chi connectivity index (χ1n) is 7.97. The SMILES string of the molecule is Cc1cc(F)ccc1S(=O)(=O)NCC(=O)N1CCc2ccccc2C1. The molecule has 1 heterocycles. The minimum atomic E-state index is -3.87. The zero-order valence-electron chi connectivity index (χ0n) is 13.8. The zero-order valence-corrected chi connectivity index (χ0v) is 14.6. The van der Waals surface area contributed by atoms with Crippen LogP contribution in [-0.2, 0) is 27.8 Å². The van der Waals surface area contributed by atoms with E-state index >= 15 is 0 Å². The Bertz CT molecular complexity index is 912. The lowest BCUT2D eigenvalue weighted by Crippen LogP contribution is -2.42. The van der Waals surface area contributed by atoms with Crippen molar-refractivity contribution in [2.45, 2.75) is 24.8 Å². The van der Waals surface area contributed by atoms with Crippen molar-refractivity contribution in [2.24, 2.45) is 0 Å². The van der Waals surface area contributed by atoms with Gasteiger partial charge in [-0.15, -0.1) is 0 Å². The zero-order chi connectivity index (χ0) is 18.0. The summed E-state index contributed by atoms with van der Waals surface area (Å²) in [7, 11) is -3.87. The second-order valence-corrected chi connectivity index (χ2v) is 7.80. The number of nitrogens with one attached hydrogen (secondary N) is 1. The molecule has 0 saturated carbocycles. The number of aryl methyl sites for hydroxylation is 1. The minimum absolute atomic E-state index is 0.0225.